The maximum Gasteiger partial charge on any atom is 0.128 e. The largest absolute Gasteiger partial charge is 0.365 e. The molecule has 1 unspecified atom stereocenters. The Hall–Kier alpha value is -1.31. The topological polar surface area (TPSA) is 24.4 Å². The third-order valence-electron chi connectivity index (χ3n) is 6.61. The highest BCUT2D eigenvalue weighted by Crippen LogP contribution is 2.61. The van der Waals surface area contributed by atoms with Crippen LogP contribution in [-0.2, 0) is 0 Å². The monoisotopic (exact) mass is 280 g/mol. The molecule has 2 nitrogen and oxygen atoms in total. The van der Waals surface area contributed by atoms with Gasteiger partial charge in [0.05, 0.1) is 12.6 Å². The maximum atomic E-state index is 4.85. The summed E-state index contributed by atoms with van der Waals surface area (Å²) in [6.45, 7) is 0.996. The second-order valence-electron chi connectivity index (χ2n) is 8.03. The molecule has 1 aliphatic heterocycles. The molecule has 0 aromatic heterocycles. The number of benzene rings is 1. The predicted octanol–water partition coefficient (Wildman–Crippen LogP) is 3.62. The first-order valence-electron chi connectivity index (χ1n) is 8.67. The molecule has 4 bridgehead atoms. The van der Waals surface area contributed by atoms with E-state index < -0.39 is 0 Å². The number of hydrogen-bond donors (Lipinski definition) is 1. The quantitative estimate of drug-likeness (QED) is 0.879. The van der Waals surface area contributed by atoms with Gasteiger partial charge in [-0.15, -0.1) is 0 Å². The second-order valence-corrected chi connectivity index (χ2v) is 8.03. The van der Waals surface area contributed by atoms with Crippen LogP contribution in [0.4, 0.5) is 0 Å². The number of aliphatic imine (C=N–C) groups is 1. The summed E-state index contributed by atoms with van der Waals surface area (Å²) in [4.78, 5) is 4.85. The first kappa shape index (κ1) is 12.3. The maximum absolute atomic E-state index is 4.85. The summed E-state index contributed by atoms with van der Waals surface area (Å²) >= 11 is 0. The van der Waals surface area contributed by atoms with Gasteiger partial charge in [0.1, 0.15) is 5.84 Å². The van der Waals surface area contributed by atoms with Crippen LogP contribution in [0.15, 0.2) is 35.3 Å². The SMILES string of the molecule is c1ccc(C2=NCC(C34CC5CC(CC(C5)C3)C4)N2)cc1. The third kappa shape index (κ3) is 1.88. The van der Waals surface area contributed by atoms with Gasteiger partial charge in [-0.3, -0.25) is 4.99 Å². The molecule has 110 valence electrons. The normalized spacial score (nSPS) is 43.7. The molecule has 21 heavy (non-hydrogen) atoms. The van der Waals surface area contributed by atoms with E-state index in [1.807, 2.05) is 0 Å². The van der Waals surface area contributed by atoms with Crippen LogP contribution >= 0.6 is 0 Å². The highest BCUT2D eigenvalue weighted by atomic mass is 15.1. The van der Waals surface area contributed by atoms with Gasteiger partial charge in [-0.05, 0) is 61.7 Å². The van der Waals surface area contributed by atoms with E-state index in [0.29, 0.717) is 11.5 Å². The lowest BCUT2D eigenvalue weighted by atomic mass is 9.48. The average Bonchev–Trinajstić information content (AvgIpc) is 2.97. The number of nitrogens with zero attached hydrogens (tertiary/aromatic N) is 1. The Morgan fingerprint density at radius 2 is 1.52 bits per heavy atom. The van der Waals surface area contributed by atoms with E-state index in [2.05, 4.69) is 35.6 Å². The van der Waals surface area contributed by atoms with Gasteiger partial charge in [-0.25, -0.2) is 0 Å². The fourth-order valence-electron chi connectivity index (χ4n) is 6.16. The summed E-state index contributed by atoms with van der Waals surface area (Å²) in [6, 6.07) is 11.2. The summed E-state index contributed by atoms with van der Waals surface area (Å²) in [7, 11) is 0. The number of nitrogens with one attached hydrogen (secondary N) is 1. The van der Waals surface area contributed by atoms with E-state index in [1.54, 1.807) is 0 Å². The molecule has 0 spiro atoms. The summed E-state index contributed by atoms with van der Waals surface area (Å²) in [5.74, 6) is 4.22. The molecule has 6 rings (SSSR count). The van der Waals surface area contributed by atoms with Crippen molar-refractivity contribution in [2.24, 2.45) is 28.2 Å². The van der Waals surface area contributed by atoms with E-state index in [9.17, 15) is 0 Å². The summed E-state index contributed by atoms with van der Waals surface area (Å²) in [5.41, 5.74) is 1.82. The molecule has 2 heteroatoms. The van der Waals surface area contributed by atoms with Crippen molar-refractivity contribution < 1.29 is 0 Å². The van der Waals surface area contributed by atoms with Crippen LogP contribution in [0.3, 0.4) is 0 Å². The summed E-state index contributed by atoms with van der Waals surface area (Å²) in [6.07, 6.45) is 8.98. The van der Waals surface area contributed by atoms with Crippen molar-refractivity contribution in [1.82, 2.24) is 5.32 Å². The highest BCUT2D eigenvalue weighted by molar-refractivity contribution is 6.00. The molecule has 1 aromatic carbocycles. The standard InChI is InChI=1S/C19H24N2/c1-2-4-16(5-3-1)18-20-12-17(21-18)19-9-13-6-14(10-19)8-15(7-13)11-19/h1-5,13-15,17H,6-12H2,(H,20,21). The molecule has 1 N–H and O–H groups in total. The van der Waals surface area contributed by atoms with Gasteiger partial charge >= 0.3 is 0 Å². The van der Waals surface area contributed by atoms with Crippen LogP contribution in [0.5, 0.6) is 0 Å². The molecule has 1 atom stereocenters. The van der Waals surface area contributed by atoms with Crippen molar-refractivity contribution in [3.8, 4) is 0 Å². The molecule has 1 heterocycles. The molecule has 5 aliphatic rings. The number of rotatable bonds is 2. The molecular weight excluding hydrogens is 256 g/mol. The van der Waals surface area contributed by atoms with E-state index in [1.165, 1.54) is 44.1 Å². The number of hydrogen-bond acceptors (Lipinski definition) is 2. The first-order valence-corrected chi connectivity index (χ1v) is 8.67. The minimum Gasteiger partial charge on any atom is -0.365 e. The van der Waals surface area contributed by atoms with Crippen molar-refractivity contribution in [2.45, 2.75) is 44.6 Å². The van der Waals surface area contributed by atoms with Crippen LogP contribution in [0.2, 0.25) is 0 Å². The molecule has 4 fully saturated rings. The van der Waals surface area contributed by atoms with Gasteiger partial charge in [0.15, 0.2) is 0 Å². The van der Waals surface area contributed by atoms with E-state index in [-0.39, 0.29) is 0 Å². The van der Waals surface area contributed by atoms with E-state index >= 15 is 0 Å². The smallest absolute Gasteiger partial charge is 0.128 e. The molecule has 1 aromatic rings. The van der Waals surface area contributed by atoms with Gasteiger partial charge in [-0.2, -0.15) is 0 Å². The van der Waals surface area contributed by atoms with Crippen molar-refractivity contribution in [3.63, 3.8) is 0 Å². The van der Waals surface area contributed by atoms with Crippen molar-refractivity contribution in [2.75, 3.05) is 6.54 Å². The lowest BCUT2D eigenvalue weighted by molar-refractivity contribution is -0.0673. The Labute approximate surface area is 127 Å². The molecule has 4 aliphatic carbocycles. The number of amidine groups is 1. The first-order chi connectivity index (χ1) is 10.3. The van der Waals surface area contributed by atoms with Gasteiger partial charge < -0.3 is 5.32 Å². The van der Waals surface area contributed by atoms with Crippen LogP contribution in [0.1, 0.15) is 44.1 Å². The van der Waals surface area contributed by atoms with E-state index in [0.717, 1.165) is 30.1 Å². The van der Waals surface area contributed by atoms with Crippen LogP contribution in [0, 0.1) is 23.2 Å². The van der Waals surface area contributed by atoms with Gasteiger partial charge in [0, 0.05) is 5.56 Å². The molecule has 0 radical (unpaired) electrons. The van der Waals surface area contributed by atoms with Crippen molar-refractivity contribution in [1.29, 1.82) is 0 Å². The highest BCUT2D eigenvalue weighted by Gasteiger charge is 2.54. The minimum atomic E-state index is 0.564. The Kier molecular flexibility index (Phi) is 2.54. The summed E-state index contributed by atoms with van der Waals surface area (Å²) < 4.78 is 0. The molecular formula is C19H24N2. The average molecular weight is 280 g/mol. The fourth-order valence-corrected chi connectivity index (χ4v) is 6.16. The fraction of sp³-hybridized carbons (Fsp3) is 0.632. The van der Waals surface area contributed by atoms with Crippen LogP contribution in [-0.4, -0.2) is 18.4 Å². The summed E-state index contributed by atoms with van der Waals surface area (Å²) in [5, 5.41) is 3.81. The predicted molar refractivity (Wildman–Crippen MR) is 85.4 cm³/mol. The molecule has 4 saturated carbocycles. The second kappa shape index (κ2) is 4.34. The Bertz CT molecular complexity index is 539. The van der Waals surface area contributed by atoms with Crippen LogP contribution in [0.25, 0.3) is 0 Å². The Morgan fingerprint density at radius 3 is 2.14 bits per heavy atom. The lowest BCUT2D eigenvalue weighted by Crippen LogP contribution is -2.56. The zero-order chi connectivity index (χ0) is 13.9. The molecule has 0 amide bonds. The molecule has 0 saturated heterocycles. The van der Waals surface area contributed by atoms with E-state index in [4.69, 9.17) is 4.99 Å². The zero-order valence-electron chi connectivity index (χ0n) is 12.6. The van der Waals surface area contributed by atoms with Crippen molar-refractivity contribution >= 4 is 5.84 Å². The minimum absolute atomic E-state index is 0.564. The third-order valence-corrected chi connectivity index (χ3v) is 6.61. The Balaban J connectivity index is 1.39. The van der Waals surface area contributed by atoms with Gasteiger partial charge in [-0.1, -0.05) is 30.3 Å². The van der Waals surface area contributed by atoms with Gasteiger partial charge in [0.2, 0.25) is 0 Å². The lowest BCUT2D eigenvalue weighted by Gasteiger charge is -2.58. The Morgan fingerprint density at radius 1 is 0.905 bits per heavy atom. The van der Waals surface area contributed by atoms with Gasteiger partial charge in [0.25, 0.3) is 0 Å². The zero-order valence-corrected chi connectivity index (χ0v) is 12.6. The van der Waals surface area contributed by atoms with Crippen LogP contribution < -0.4 is 5.32 Å². The van der Waals surface area contributed by atoms with Crippen molar-refractivity contribution in [3.05, 3.63) is 35.9 Å².